The van der Waals surface area contributed by atoms with Crippen molar-refractivity contribution in [3.05, 3.63) is 64.2 Å². The highest BCUT2D eigenvalue weighted by Crippen LogP contribution is 2.24. The molecular formula is C21H25ClN2O2. The molecule has 0 aliphatic carbocycles. The van der Waals surface area contributed by atoms with Crippen LogP contribution in [0, 0.1) is 12.8 Å². The average molecular weight is 373 g/mol. The van der Waals surface area contributed by atoms with Gasteiger partial charge in [0, 0.05) is 43.9 Å². The fourth-order valence-corrected chi connectivity index (χ4v) is 3.45. The molecule has 2 aromatic rings. The van der Waals surface area contributed by atoms with E-state index in [2.05, 4.69) is 47.2 Å². The van der Waals surface area contributed by atoms with Crippen LogP contribution in [-0.2, 0) is 22.6 Å². The highest BCUT2D eigenvalue weighted by Gasteiger charge is 2.33. The number of anilines is 1. The van der Waals surface area contributed by atoms with E-state index in [9.17, 15) is 4.79 Å². The number of hydrogen-bond acceptors (Lipinski definition) is 4. The van der Waals surface area contributed by atoms with Gasteiger partial charge in [-0.15, -0.1) is 0 Å². The summed E-state index contributed by atoms with van der Waals surface area (Å²) in [7, 11) is 3.54. The third-order valence-corrected chi connectivity index (χ3v) is 5.32. The van der Waals surface area contributed by atoms with Crippen LogP contribution in [0.5, 0.6) is 0 Å². The Labute approximate surface area is 160 Å². The van der Waals surface area contributed by atoms with Gasteiger partial charge in [-0.1, -0.05) is 35.9 Å². The Morgan fingerprint density at radius 1 is 1.23 bits per heavy atom. The second kappa shape index (κ2) is 8.11. The molecule has 1 saturated heterocycles. The zero-order valence-electron chi connectivity index (χ0n) is 15.5. The molecule has 0 saturated carbocycles. The van der Waals surface area contributed by atoms with Crippen LogP contribution in [0.2, 0.25) is 5.02 Å². The number of carbonyl (C=O) groups is 1. The third-order valence-electron chi connectivity index (χ3n) is 4.89. The molecule has 0 atom stereocenters. The minimum absolute atomic E-state index is 0.0301. The number of ether oxygens (including phenoxy) is 1. The van der Waals surface area contributed by atoms with E-state index in [4.69, 9.17) is 16.3 Å². The minimum atomic E-state index is -0.102. The van der Waals surface area contributed by atoms with Crippen molar-refractivity contribution in [1.29, 1.82) is 0 Å². The highest BCUT2D eigenvalue weighted by molar-refractivity contribution is 6.31. The summed E-state index contributed by atoms with van der Waals surface area (Å²) < 4.78 is 4.79. The lowest BCUT2D eigenvalue weighted by Crippen LogP contribution is -2.49. The monoisotopic (exact) mass is 372 g/mol. The van der Waals surface area contributed by atoms with Crippen LogP contribution < -0.4 is 4.90 Å². The summed E-state index contributed by atoms with van der Waals surface area (Å²) in [5.41, 5.74) is 4.78. The predicted molar refractivity (Wildman–Crippen MR) is 106 cm³/mol. The molecule has 0 aromatic heterocycles. The largest absolute Gasteiger partial charge is 0.469 e. The van der Waals surface area contributed by atoms with Crippen molar-refractivity contribution in [2.75, 3.05) is 32.1 Å². The number of carbonyl (C=O) groups excluding carboxylic acids is 1. The number of halogens is 1. The fourth-order valence-electron chi connectivity index (χ4n) is 3.33. The SMILES string of the molecule is COC(=O)C1CN(Cc2cccc(CN(C)c3ccc(Cl)c(C)c3)c2)C1. The van der Waals surface area contributed by atoms with E-state index in [1.54, 1.807) is 0 Å². The van der Waals surface area contributed by atoms with Crippen LogP contribution in [0.1, 0.15) is 16.7 Å². The molecule has 3 rings (SSSR count). The number of likely N-dealkylation sites (tertiary alicyclic amines) is 1. The molecule has 2 aromatic carbocycles. The van der Waals surface area contributed by atoms with Crippen LogP contribution in [0.4, 0.5) is 5.69 Å². The van der Waals surface area contributed by atoms with Crippen molar-refractivity contribution in [2.24, 2.45) is 5.92 Å². The maximum Gasteiger partial charge on any atom is 0.311 e. The number of aryl methyl sites for hydroxylation is 1. The molecule has 5 heteroatoms. The first kappa shape index (κ1) is 18.7. The zero-order chi connectivity index (χ0) is 18.7. The molecule has 1 aliphatic heterocycles. The van der Waals surface area contributed by atoms with E-state index in [-0.39, 0.29) is 11.9 Å². The first-order valence-electron chi connectivity index (χ1n) is 8.81. The van der Waals surface area contributed by atoms with Gasteiger partial charge < -0.3 is 9.64 Å². The number of benzene rings is 2. The Balaban J connectivity index is 1.59. The van der Waals surface area contributed by atoms with E-state index in [0.29, 0.717) is 0 Å². The Morgan fingerprint density at radius 3 is 2.65 bits per heavy atom. The fraction of sp³-hybridized carbons (Fsp3) is 0.381. The van der Waals surface area contributed by atoms with Crippen molar-refractivity contribution in [3.8, 4) is 0 Å². The van der Waals surface area contributed by atoms with Crippen LogP contribution in [-0.4, -0.2) is 38.1 Å². The summed E-state index contributed by atoms with van der Waals surface area (Å²) in [6.45, 7) is 5.28. The number of methoxy groups -OCH3 is 1. The van der Waals surface area contributed by atoms with Crippen molar-refractivity contribution in [1.82, 2.24) is 4.90 Å². The molecule has 0 N–H and O–H groups in total. The van der Waals surface area contributed by atoms with Gasteiger partial charge in [-0.3, -0.25) is 9.69 Å². The molecule has 4 nitrogen and oxygen atoms in total. The van der Waals surface area contributed by atoms with Crippen LogP contribution in [0.15, 0.2) is 42.5 Å². The Morgan fingerprint density at radius 2 is 1.96 bits per heavy atom. The molecule has 0 radical (unpaired) electrons. The molecule has 0 unspecified atom stereocenters. The molecular weight excluding hydrogens is 348 g/mol. The zero-order valence-corrected chi connectivity index (χ0v) is 16.3. The van der Waals surface area contributed by atoms with Crippen molar-refractivity contribution < 1.29 is 9.53 Å². The van der Waals surface area contributed by atoms with Gasteiger partial charge in [0.2, 0.25) is 0 Å². The normalized spacial score (nSPS) is 14.8. The summed E-state index contributed by atoms with van der Waals surface area (Å²) in [5.74, 6) is -0.0719. The maximum atomic E-state index is 11.5. The third kappa shape index (κ3) is 4.37. The van der Waals surface area contributed by atoms with Gasteiger partial charge in [0.1, 0.15) is 0 Å². The van der Waals surface area contributed by atoms with Crippen LogP contribution in [0.3, 0.4) is 0 Å². The van der Waals surface area contributed by atoms with Crippen LogP contribution >= 0.6 is 11.6 Å². The Bertz CT molecular complexity index is 787. The number of nitrogens with zero attached hydrogens (tertiary/aromatic N) is 2. The summed E-state index contributed by atoms with van der Waals surface area (Å²) >= 11 is 6.12. The summed E-state index contributed by atoms with van der Waals surface area (Å²) in [6, 6.07) is 14.7. The molecule has 26 heavy (non-hydrogen) atoms. The smallest absolute Gasteiger partial charge is 0.311 e. The van der Waals surface area contributed by atoms with Gasteiger partial charge in [-0.05, 0) is 41.8 Å². The quantitative estimate of drug-likeness (QED) is 0.720. The van der Waals surface area contributed by atoms with Crippen LogP contribution in [0.25, 0.3) is 0 Å². The molecule has 1 heterocycles. The summed E-state index contributed by atoms with van der Waals surface area (Å²) in [4.78, 5) is 16.0. The molecule has 0 bridgehead atoms. The second-order valence-electron chi connectivity index (χ2n) is 7.02. The summed E-state index contributed by atoms with van der Waals surface area (Å²) in [5, 5.41) is 0.795. The lowest BCUT2D eigenvalue weighted by atomic mass is 9.99. The highest BCUT2D eigenvalue weighted by atomic mass is 35.5. The van der Waals surface area contributed by atoms with Gasteiger partial charge in [0.15, 0.2) is 0 Å². The molecule has 0 amide bonds. The van der Waals surface area contributed by atoms with E-state index in [1.807, 2.05) is 19.1 Å². The van der Waals surface area contributed by atoms with Gasteiger partial charge in [0.05, 0.1) is 13.0 Å². The minimum Gasteiger partial charge on any atom is -0.469 e. The number of hydrogen-bond donors (Lipinski definition) is 0. The molecule has 1 fully saturated rings. The predicted octanol–water partition coefficient (Wildman–Crippen LogP) is 3.89. The average Bonchev–Trinajstić information content (AvgIpc) is 2.59. The Kier molecular flexibility index (Phi) is 5.84. The topological polar surface area (TPSA) is 32.8 Å². The van der Waals surface area contributed by atoms with Crippen molar-refractivity contribution in [2.45, 2.75) is 20.0 Å². The van der Waals surface area contributed by atoms with Gasteiger partial charge >= 0.3 is 5.97 Å². The van der Waals surface area contributed by atoms with E-state index in [1.165, 1.54) is 18.2 Å². The molecule has 138 valence electrons. The number of rotatable bonds is 6. The van der Waals surface area contributed by atoms with Gasteiger partial charge in [-0.25, -0.2) is 0 Å². The number of esters is 1. The van der Waals surface area contributed by atoms with Gasteiger partial charge in [0.25, 0.3) is 0 Å². The molecule has 0 spiro atoms. The Hall–Kier alpha value is -2.04. The standard InChI is InChI=1S/C21H25ClN2O2/c1-15-9-19(7-8-20(15)22)23(2)11-16-5-4-6-17(10-16)12-24-13-18(14-24)21(25)26-3/h4-10,18H,11-14H2,1-3H3. The van der Waals surface area contributed by atoms with E-state index < -0.39 is 0 Å². The summed E-state index contributed by atoms with van der Waals surface area (Å²) in [6.07, 6.45) is 0. The maximum absolute atomic E-state index is 11.5. The van der Waals surface area contributed by atoms with Crippen molar-refractivity contribution in [3.63, 3.8) is 0 Å². The van der Waals surface area contributed by atoms with Crippen molar-refractivity contribution >= 4 is 23.3 Å². The first-order chi connectivity index (χ1) is 12.5. The van der Waals surface area contributed by atoms with Gasteiger partial charge in [-0.2, -0.15) is 0 Å². The lowest BCUT2D eigenvalue weighted by molar-refractivity contribution is -0.151. The second-order valence-corrected chi connectivity index (χ2v) is 7.43. The van der Waals surface area contributed by atoms with E-state index >= 15 is 0 Å². The lowest BCUT2D eigenvalue weighted by Gasteiger charge is -2.37. The van der Waals surface area contributed by atoms with E-state index in [0.717, 1.165) is 42.5 Å². The first-order valence-corrected chi connectivity index (χ1v) is 9.19. The molecule has 1 aliphatic rings.